The Morgan fingerprint density at radius 3 is 2.68 bits per heavy atom. The number of carbonyl (C=O) groups is 1. The van der Waals surface area contributed by atoms with Crippen molar-refractivity contribution in [3.8, 4) is 11.5 Å². The Labute approximate surface area is 214 Å². The van der Waals surface area contributed by atoms with Gasteiger partial charge in [-0.1, -0.05) is 0 Å². The molecule has 1 saturated heterocycles. The van der Waals surface area contributed by atoms with Crippen LogP contribution in [0.15, 0.2) is 30.3 Å². The lowest BCUT2D eigenvalue weighted by molar-refractivity contribution is 0.0707. The fraction of sp³-hybridized carbons (Fsp3) is 0.464. The molecule has 0 unspecified atom stereocenters. The van der Waals surface area contributed by atoms with Gasteiger partial charge in [0.15, 0.2) is 5.82 Å². The van der Waals surface area contributed by atoms with Crippen LogP contribution < -0.4 is 5.73 Å². The third kappa shape index (κ3) is 4.30. The zero-order chi connectivity index (χ0) is 26.1. The Kier molecular flexibility index (Phi) is 5.61. The number of rotatable bonds is 5. The first-order valence-electron chi connectivity index (χ1n) is 13.0. The van der Waals surface area contributed by atoms with Crippen molar-refractivity contribution in [2.24, 2.45) is 18.7 Å². The number of benzene rings is 1. The van der Waals surface area contributed by atoms with E-state index < -0.39 is 11.4 Å². The number of pyridine rings is 1. The molecule has 1 aliphatic carbocycles. The fourth-order valence-corrected chi connectivity index (χ4v) is 5.42. The minimum absolute atomic E-state index is 0.0494. The van der Waals surface area contributed by atoms with E-state index in [1.165, 1.54) is 6.07 Å². The quantitative estimate of drug-likeness (QED) is 0.429. The minimum atomic E-state index is -1.06. The van der Waals surface area contributed by atoms with Gasteiger partial charge in [-0.25, -0.2) is 14.4 Å². The van der Waals surface area contributed by atoms with Crippen molar-refractivity contribution in [1.29, 1.82) is 0 Å². The number of nitrogens with two attached hydrogens (primary N) is 1. The van der Waals surface area contributed by atoms with E-state index in [-0.39, 0.29) is 11.9 Å². The number of carbonyl (C=O) groups excluding carboxylic acids is 1. The van der Waals surface area contributed by atoms with Crippen LogP contribution in [0, 0.1) is 11.7 Å². The van der Waals surface area contributed by atoms with Gasteiger partial charge in [-0.15, -0.1) is 0 Å². The van der Waals surface area contributed by atoms with Crippen molar-refractivity contribution in [2.75, 3.05) is 13.1 Å². The first kappa shape index (κ1) is 24.1. The topological polar surface area (TPSA) is 102 Å². The molecule has 194 valence electrons. The number of nitrogens with zero attached hydrogens (tertiary/aromatic N) is 5. The van der Waals surface area contributed by atoms with Gasteiger partial charge < -0.3 is 24.9 Å². The second-order valence-corrected chi connectivity index (χ2v) is 11.2. The van der Waals surface area contributed by atoms with Crippen molar-refractivity contribution >= 4 is 28.0 Å². The molecule has 1 aliphatic heterocycles. The predicted molar refractivity (Wildman–Crippen MR) is 140 cm³/mol. The summed E-state index contributed by atoms with van der Waals surface area (Å²) in [6.07, 6.45) is 4.06. The maximum absolute atomic E-state index is 15.4. The molecular formula is C28H33FN6O2. The summed E-state index contributed by atoms with van der Waals surface area (Å²) in [6, 6.07) is 8.78. The molecule has 4 aromatic rings. The Bertz CT molecular complexity index is 1530. The molecule has 37 heavy (non-hydrogen) atoms. The molecule has 2 aliphatic rings. The maximum atomic E-state index is 15.4. The largest absolute Gasteiger partial charge is 0.384 e. The molecule has 9 heteroatoms. The van der Waals surface area contributed by atoms with E-state index >= 15 is 4.39 Å². The Hall–Kier alpha value is -3.30. The highest BCUT2D eigenvalue weighted by Gasteiger charge is 2.28. The molecule has 3 N–H and O–H groups in total. The van der Waals surface area contributed by atoms with Gasteiger partial charge in [-0.2, -0.15) is 0 Å². The molecule has 3 aromatic heterocycles. The van der Waals surface area contributed by atoms with E-state index in [0.29, 0.717) is 47.1 Å². The predicted octanol–water partition coefficient (Wildman–Crippen LogP) is 3.93. The van der Waals surface area contributed by atoms with Crippen molar-refractivity contribution in [3.63, 3.8) is 0 Å². The van der Waals surface area contributed by atoms with Gasteiger partial charge in [-0.3, -0.25) is 4.79 Å². The van der Waals surface area contributed by atoms with Gasteiger partial charge in [0.2, 0.25) is 0 Å². The highest BCUT2D eigenvalue weighted by molar-refractivity contribution is 5.98. The van der Waals surface area contributed by atoms with Crippen LogP contribution in [0.25, 0.3) is 33.6 Å². The van der Waals surface area contributed by atoms with Crippen molar-refractivity contribution < 1.29 is 14.3 Å². The summed E-state index contributed by atoms with van der Waals surface area (Å²) in [5.41, 5.74) is 8.31. The molecule has 4 heterocycles. The van der Waals surface area contributed by atoms with Crippen LogP contribution in [0.5, 0.6) is 0 Å². The average Bonchev–Trinajstić information content (AvgIpc) is 3.51. The second kappa shape index (κ2) is 8.63. The lowest BCUT2D eigenvalue weighted by atomic mass is 10.0. The summed E-state index contributed by atoms with van der Waals surface area (Å²) >= 11 is 0. The number of aromatic nitrogens is 4. The summed E-state index contributed by atoms with van der Waals surface area (Å²) in [4.78, 5) is 24.5. The second-order valence-electron chi connectivity index (χ2n) is 11.2. The number of amides is 1. The Morgan fingerprint density at radius 1 is 1.19 bits per heavy atom. The molecule has 8 nitrogen and oxygen atoms in total. The smallest absolute Gasteiger partial charge is 0.254 e. The number of fused-ring (bicyclic) bond motifs is 2. The number of halogens is 1. The number of likely N-dealkylation sites (tertiary alicyclic amines) is 1. The maximum Gasteiger partial charge on any atom is 0.254 e. The van der Waals surface area contributed by atoms with E-state index in [4.69, 9.17) is 15.7 Å². The molecule has 1 saturated carbocycles. The Morgan fingerprint density at radius 2 is 1.97 bits per heavy atom. The molecule has 0 bridgehead atoms. The fourth-order valence-electron chi connectivity index (χ4n) is 5.42. The minimum Gasteiger partial charge on any atom is -0.384 e. The molecule has 2 fully saturated rings. The SMILES string of the molecule is Cn1c(-c2cc3ccc(C(C)(C)O)nc3n2CC2CC2)nc2cc(C(=O)N3CCC[C@@H](N)C3)cc(F)c21. The van der Waals surface area contributed by atoms with E-state index in [9.17, 15) is 9.90 Å². The van der Waals surface area contributed by atoms with Crippen LogP contribution in [0.2, 0.25) is 0 Å². The van der Waals surface area contributed by atoms with Crippen molar-refractivity contribution in [2.45, 2.75) is 57.7 Å². The van der Waals surface area contributed by atoms with Crippen molar-refractivity contribution in [1.82, 2.24) is 24.0 Å². The molecule has 0 spiro atoms. The van der Waals surface area contributed by atoms with E-state index in [1.807, 2.05) is 18.2 Å². The van der Waals surface area contributed by atoms with Crippen LogP contribution >= 0.6 is 0 Å². The third-order valence-corrected chi connectivity index (χ3v) is 7.65. The normalized spacial score (nSPS) is 18.8. The van der Waals surface area contributed by atoms with E-state index in [0.717, 1.165) is 49.0 Å². The molecule has 6 rings (SSSR count). The van der Waals surface area contributed by atoms with E-state index in [2.05, 4.69) is 4.57 Å². The lowest BCUT2D eigenvalue weighted by Crippen LogP contribution is -2.45. The summed E-state index contributed by atoms with van der Waals surface area (Å²) in [5.74, 6) is 0.487. The van der Waals surface area contributed by atoms with Gasteiger partial charge >= 0.3 is 0 Å². The van der Waals surface area contributed by atoms with Crippen LogP contribution in [0.4, 0.5) is 4.39 Å². The van der Waals surface area contributed by atoms with Crippen LogP contribution in [-0.2, 0) is 19.2 Å². The van der Waals surface area contributed by atoms with Crippen molar-refractivity contribution in [3.05, 3.63) is 47.4 Å². The summed E-state index contributed by atoms with van der Waals surface area (Å²) in [6.45, 7) is 5.33. The van der Waals surface area contributed by atoms with Gasteiger partial charge in [0.25, 0.3) is 5.91 Å². The zero-order valence-electron chi connectivity index (χ0n) is 21.5. The number of piperidine rings is 1. The molecule has 1 atom stereocenters. The number of aliphatic hydroxyl groups is 1. The highest BCUT2D eigenvalue weighted by atomic mass is 19.1. The molecular weight excluding hydrogens is 471 g/mol. The van der Waals surface area contributed by atoms with Gasteiger partial charge in [0.1, 0.15) is 22.6 Å². The first-order valence-corrected chi connectivity index (χ1v) is 13.0. The number of hydrogen-bond donors (Lipinski definition) is 2. The third-order valence-electron chi connectivity index (χ3n) is 7.65. The Balaban J connectivity index is 1.47. The number of imidazole rings is 1. The number of aryl methyl sites for hydroxylation is 1. The monoisotopic (exact) mass is 504 g/mol. The average molecular weight is 505 g/mol. The highest BCUT2D eigenvalue weighted by Crippen LogP contribution is 2.37. The summed E-state index contributed by atoms with van der Waals surface area (Å²) in [7, 11) is 1.80. The van der Waals surface area contributed by atoms with Gasteiger partial charge in [0.05, 0.1) is 16.9 Å². The summed E-state index contributed by atoms with van der Waals surface area (Å²) in [5, 5.41) is 11.5. The lowest BCUT2D eigenvalue weighted by Gasteiger charge is -2.30. The molecule has 1 aromatic carbocycles. The summed E-state index contributed by atoms with van der Waals surface area (Å²) < 4.78 is 19.3. The number of hydrogen-bond acceptors (Lipinski definition) is 5. The molecule has 0 radical (unpaired) electrons. The van der Waals surface area contributed by atoms with Crippen LogP contribution in [0.1, 0.15) is 55.6 Å². The standard InChI is InChI=1S/C28H33FN6O2/c1-28(2,37)23-9-8-17-13-22(35(25(17)32-23)14-16-6-7-16)26-31-21-12-18(11-20(29)24(21)33(26)3)27(36)34-10-4-5-19(30)15-34/h8-9,11-13,16,19,37H,4-7,10,14-15,30H2,1-3H3/t19-/m1/s1. The zero-order valence-corrected chi connectivity index (χ0v) is 21.5. The van der Waals surface area contributed by atoms with Gasteiger partial charge in [-0.05, 0) is 75.8 Å². The van der Waals surface area contributed by atoms with E-state index in [1.54, 1.807) is 36.4 Å². The van der Waals surface area contributed by atoms with Crippen LogP contribution in [0.3, 0.4) is 0 Å². The first-order chi connectivity index (χ1) is 17.6. The van der Waals surface area contributed by atoms with Crippen LogP contribution in [-0.4, -0.2) is 54.1 Å². The molecule has 1 amide bonds. The van der Waals surface area contributed by atoms with Gasteiger partial charge in [0, 0.05) is 43.7 Å².